The summed E-state index contributed by atoms with van der Waals surface area (Å²) in [4.78, 5) is 12.3. The van der Waals surface area contributed by atoms with Gasteiger partial charge in [0, 0.05) is 48.8 Å². The fourth-order valence-corrected chi connectivity index (χ4v) is 1.79. The summed E-state index contributed by atoms with van der Waals surface area (Å²) in [5.74, 6) is 0.588. The number of methoxy groups -OCH3 is 1. The maximum absolute atomic E-state index is 5.50. The number of nitrogens with zero attached hydrogens (tertiary/aromatic N) is 3. The Labute approximate surface area is 125 Å². The van der Waals surface area contributed by atoms with Gasteiger partial charge in [-0.3, -0.25) is 4.98 Å². The Hall–Kier alpha value is -1.57. The van der Waals surface area contributed by atoms with Gasteiger partial charge in [-0.1, -0.05) is 0 Å². The lowest BCUT2D eigenvalue weighted by Gasteiger charge is -2.05. The molecule has 1 N–H and O–H groups in total. The molecule has 6 nitrogen and oxygen atoms in total. The first-order valence-electron chi connectivity index (χ1n) is 6.07. The minimum Gasteiger partial charge on any atom is -0.423 e. The zero-order valence-corrected chi connectivity index (χ0v) is 12.6. The molecule has 0 atom stereocenters. The zero-order chi connectivity index (χ0) is 14.2. The molecular formula is C13H15BrN4O2. The van der Waals surface area contributed by atoms with Crippen LogP contribution in [0.2, 0.25) is 0 Å². The number of halogens is 1. The summed E-state index contributed by atoms with van der Waals surface area (Å²) in [5, 5.41) is 3.22. The molecule has 0 amide bonds. The Kier molecular flexibility index (Phi) is 5.85. The van der Waals surface area contributed by atoms with Gasteiger partial charge in [0.2, 0.25) is 0 Å². The molecule has 0 fully saturated rings. The number of nitrogens with one attached hydrogen (secondary N) is 1. The number of pyridine rings is 1. The average molecular weight is 339 g/mol. The van der Waals surface area contributed by atoms with E-state index in [4.69, 9.17) is 9.47 Å². The molecule has 0 aliphatic rings. The zero-order valence-electron chi connectivity index (χ0n) is 11.0. The van der Waals surface area contributed by atoms with Gasteiger partial charge >= 0.3 is 6.01 Å². The maximum atomic E-state index is 5.50. The van der Waals surface area contributed by atoms with Gasteiger partial charge in [-0.25, -0.2) is 9.97 Å². The van der Waals surface area contributed by atoms with Crippen LogP contribution in [0.5, 0.6) is 11.8 Å². The van der Waals surface area contributed by atoms with Crippen molar-refractivity contribution in [3.8, 4) is 11.8 Å². The van der Waals surface area contributed by atoms with Gasteiger partial charge in [0.1, 0.15) is 0 Å². The summed E-state index contributed by atoms with van der Waals surface area (Å²) in [6.07, 6.45) is 6.75. The van der Waals surface area contributed by atoms with Gasteiger partial charge in [-0.15, -0.1) is 0 Å². The molecule has 0 spiro atoms. The van der Waals surface area contributed by atoms with Crippen LogP contribution >= 0.6 is 15.9 Å². The van der Waals surface area contributed by atoms with E-state index in [1.807, 2.05) is 0 Å². The number of rotatable bonds is 7. The predicted octanol–water partition coefficient (Wildman–Crippen LogP) is 2.16. The number of aromatic nitrogens is 3. The fraction of sp³-hybridized carbons (Fsp3) is 0.308. The van der Waals surface area contributed by atoms with Gasteiger partial charge < -0.3 is 14.8 Å². The van der Waals surface area contributed by atoms with Crippen LogP contribution in [0, 0.1) is 0 Å². The van der Waals surface area contributed by atoms with Crippen molar-refractivity contribution in [2.75, 3.05) is 20.3 Å². The normalized spacial score (nSPS) is 10.5. The van der Waals surface area contributed by atoms with Crippen molar-refractivity contribution < 1.29 is 9.47 Å². The van der Waals surface area contributed by atoms with Crippen molar-refractivity contribution in [3.05, 3.63) is 40.9 Å². The summed E-state index contributed by atoms with van der Waals surface area (Å²) in [6, 6.07) is 2.10. The highest BCUT2D eigenvalue weighted by Crippen LogP contribution is 2.20. The van der Waals surface area contributed by atoms with E-state index in [1.54, 1.807) is 38.0 Å². The Morgan fingerprint density at radius 3 is 2.70 bits per heavy atom. The van der Waals surface area contributed by atoms with E-state index in [-0.39, 0.29) is 0 Å². The molecule has 0 aliphatic carbocycles. The molecule has 2 heterocycles. The van der Waals surface area contributed by atoms with Gasteiger partial charge in [0.25, 0.3) is 0 Å². The van der Waals surface area contributed by atoms with E-state index in [9.17, 15) is 0 Å². The van der Waals surface area contributed by atoms with Crippen LogP contribution in [0.25, 0.3) is 0 Å². The minimum absolute atomic E-state index is 0.297. The van der Waals surface area contributed by atoms with Crippen molar-refractivity contribution in [2.45, 2.75) is 6.54 Å². The van der Waals surface area contributed by atoms with Gasteiger partial charge in [0.15, 0.2) is 5.75 Å². The quantitative estimate of drug-likeness (QED) is 0.780. The Morgan fingerprint density at radius 2 is 2.00 bits per heavy atom. The Bertz CT molecular complexity index is 536. The van der Waals surface area contributed by atoms with Crippen LogP contribution in [0.15, 0.2) is 35.3 Å². The first-order valence-corrected chi connectivity index (χ1v) is 6.86. The molecule has 2 aromatic heterocycles. The Morgan fingerprint density at radius 1 is 1.20 bits per heavy atom. The molecule has 0 radical (unpaired) electrons. The molecule has 0 bridgehead atoms. The number of hydrogen-bond donors (Lipinski definition) is 1. The molecule has 2 aromatic rings. The van der Waals surface area contributed by atoms with Crippen LogP contribution in [0.4, 0.5) is 0 Å². The molecule has 0 saturated heterocycles. The van der Waals surface area contributed by atoms with Crippen LogP contribution in [0.3, 0.4) is 0 Å². The van der Waals surface area contributed by atoms with Crippen molar-refractivity contribution in [3.63, 3.8) is 0 Å². The molecule has 0 aromatic carbocycles. The van der Waals surface area contributed by atoms with Crippen molar-refractivity contribution in [1.29, 1.82) is 0 Å². The molecule has 0 aliphatic heterocycles. The lowest BCUT2D eigenvalue weighted by molar-refractivity contribution is 0.199. The summed E-state index contributed by atoms with van der Waals surface area (Å²) < 4.78 is 11.3. The maximum Gasteiger partial charge on any atom is 0.321 e. The highest BCUT2D eigenvalue weighted by atomic mass is 79.9. The predicted molar refractivity (Wildman–Crippen MR) is 77.6 cm³/mol. The molecule has 106 valence electrons. The minimum atomic E-state index is 0.297. The number of ether oxygens (including phenoxy) is 2. The van der Waals surface area contributed by atoms with Gasteiger partial charge in [-0.05, 0) is 22.0 Å². The molecule has 7 heteroatoms. The molecule has 20 heavy (non-hydrogen) atoms. The van der Waals surface area contributed by atoms with Crippen LogP contribution in [-0.4, -0.2) is 35.2 Å². The monoisotopic (exact) mass is 338 g/mol. The largest absolute Gasteiger partial charge is 0.423 e. The van der Waals surface area contributed by atoms with Gasteiger partial charge in [0.05, 0.1) is 12.8 Å². The third kappa shape index (κ3) is 4.84. The van der Waals surface area contributed by atoms with E-state index in [2.05, 4.69) is 36.2 Å². The number of hydrogen-bond acceptors (Lipinski definition) is 6. The standard InChI is InChI=1S/C13H15BrN4O2/c1-19-3-2-15-5-10-6-17-13(18-7-10)20-12-4-11(14)8-16-9-12/h4,6-9,15H,2-3,5H2,1H3. The SMILES string of the molecule is COCCNCc1cnc(Oc2cncc(Br)c2)nc1. The second kappa shape index (κ2) is 7.88. The van der Waals surface area contributed by atoms with Gasteiger partial charge in [-0.2, -0.15) is 0 Å². The fourth-order valence-electron chi connectivity index (χ4n) is 1.45. The summed E-state index contributed by atoms with van der Waals surface area (Å²) in [7, 11) is 1.67. The summed E-state index contributed by atoms with van der Waals surface area (Å²) >= 11 is 3.33. The van der Waals surface area contributed by atoms with Crippen LogP contribution < -0.4 is 10.1 Å². The first kappa shape index (κ1) is 14.8. The molecule has 0 unspecified atom stereocenters. The molecular weight excluding hydrogens is 324 g/mol. The third-order valence-corrected chi connectivity index (χ3v) is 2.82. The Balaban J connectivity index is 1.88. The van der Waals surface area contributed by atoms with Crippen LogP contribution in [-0.2, 0) is 11.3 Å². The topological polar surface area (TPSA) is 69.2 Å². The highest BCUT2D eigenvalue weighted by molar-refractivity contribution is 9.10. The van der Waals surface area contributed by atoms with Crippen LogP contribution in [0.1, 0.15) is 5.56 Å². The first-order chi connectivity index (χ1) is 9.78. The molecule has 0 saturated carbocycles. The van der Waals surface area contributed by atoms with E-state index in [0.717, 1.165) is 16.6 Å². The van der Waals surface area contributed by atoms with E-state index >= 15 is 0 Å². The summed E-state index contributed by atoms with van der Waals surface area (Å²) in [6.45, 7) is 2.17. The van der Waals surface area contributed by atoms with E-state index in [1.165, 1.54) is 0 Å². The highest BCUT2D eigenvalue weighted by Gasteiger charge is 2.02. The lowest BCUT2D eigenvalue weighted by atomic mass is 10.3. The second-order valence-electron chi connectivity index (χ2n) is 3.98. The third-order valence-electron chi connectivity index (χ3n) is 2.38. The second-order valence-corrected chi connectivity index (χ2v) is 4.90. The molecule has 2 rings (SSSR count). The van der Waals surface area contributed by atoms with Crippen molar-refractivity contribution >= 4 is 15.9 Å². The van der Waals surface area contributed by atoms with Crippen molar-refractivity contribution in [2.24, 2.45) is 0 Å². The smallest absolute Gasteiger partial charge is 0.321 e. The lowest BCUT2D eigenvalue weighted by Crippen LogP contribution is -2.18. The van der Waals surface area contributed by atoms with E-state index < -0.39 is 0 Å². The average Bonchev–Trinajstić information content (AvgIpc) is 2.45. The van der Waals surface area contributed by atoms with Crippen molar-refractivity contribution in [1.82, 2.24) is 20.3 Å². The summed E-state index contributed by atoms with van der Waals surface area (Å²) in [5.41, 5.74) is 0.987. The van der Waals surface area contributed by atoms with E-state index in [0.29, 0.717) is 24.9 Å².